The average molecular weight is 509 g/mol. The number of alkyl carbamates (subject to hydrolysis) is 1. The van der Waals surface area contributed by atoms with Gasteiger partial charge in [-0.15, -0.1) is 0 Å². The molecule has 0 spiro atoms. The van der Waals surface area contributed by atoms with Crippen LogP contribution in [0.1, 0.15) is 90.9 Å². The molecule has 0 aromatic heterocycles. The van der Waals surface area contributed by atoms with Gasteiger partial charge in [0.15, 0.2) is 11.6 Å². The van der Waals surface area contributed by atoms with Gasteiger partial charge < -0.3 is 25.2 Å². The molecule has 0 aromatic rings. The zero-order valence-electron chi connectivity index (χ0n) is 21.9. The minimum absolute atomic E-state index is 0.0149. The summed E-state index contributed by atoms with van der Waals surface area (Å²) in [5.41, 5.74) is -1.04. The van der Waals surface area contributed by atoms with Gasteiger partial charge in [0.25, 0.3) is 0 Å². The van der Waals surface area contributed by atoms with Crippen molar-refractivity contribution in [3.05, 3.63) is 0 Å². The van der Waals surface area contributed by atoms with E-state index in [2.05, 4.69) is 10.6 Å². The van der Waals surface area contributed by atoms with Crippen molar-refractivity contribution >= 4 is 23.6 Å². The Bertz CT molecular complexity index is 772. The van der Waals surface area contributed by atoms with Crippen LogP contribution in [0.5, 0.6) is 0 Å². The largest absolute Gasteiger partial charge is 0.446 e. The van der Waals surface area contributed by atoms with E-state index in [-0.39, 0.29) is 36.6 Å². The Hall–Kier alpha value is -2.00. The molecular weight excluding hydrogens is 464 g/mol. The van der Waals surface area contributed by atoms with E-state index < -0.39 is 35.4 Å². The monoisotopic (exact) mass is 508 g/mol. The third-order valence-corrected chi connectivity index (χ3v) is 8.13. The summed E-state index contributed by atoms with van der Waals surface area (Å²) in [6, 6.07) is 0. The molecule has 0 aromatic carbocycles. The molecule has 0 unspecified atom stereocenters. The summed E-state index contributed by atoms with van der Waals surface area (Å²) in [4.78, 5) is 51.8. The van der Waals surface area contributed by atoms with Gasteiger partial charge in [0.05, 0.1) is 13.2 Å². The fourth-order valence-electron chi connectivity index (χ4n) is 5.72. The molecule has 36 heavy (non-hydrogen) atoms. The normalized spacial score (nSPS) is 24.8. The van der Waals surface area contributed by atoms with Gasteiger partial charge in [-0.1, -0.05) is 39.5 Å². The summed E-state index contributed by atoms with van der Waals surface area (Å²) >= 11 is 0. The van der Waals surface area contributed by atoms with Crippen LogP contribution in [0, 0.1) is 17.8 Å². The van der Waals surface area contributed by atoms with Crippen LogP contribution < -0.4 is 10.6 Å². The lowest BCUT2D eigenvalue weighted by molar-refractivity contribution is -0.138. The zero-order valence-corrected chi connectivity index (χ0v) is 21.9. The average Bonchev–Trinajstić information content (AvgIpc) is 3.06. The van der Waals surface area contributed by atoms with Crippen LogP contribution >= 0.6 is 0 Å². The van der Waals surface area contributed by atoms with Gasteiger partial charge in [0.1, 0.15) is 17.7 Å². The van der Waals surface area contributed by atoms with Gasteiger partial charge in [-0.05, 0) is 31.6 Å². The lowest BCUT2D eigenvalue weighted by atomic mass is 9.73. The number of amides is 2. The SMILES string of the molecule is CC(C)[C@H](CC(=O)C1(NC(=O)OC2CCOCC2)CCCCC1)[C@@H](O)C(=O)C[C@H]1CCCCNC1=O. The van der Waals surface area contributed by atoms with Gasteiger partial charge in [0, 0.05) is 44.1 Å². The highest BCUT2D eigenvalue weighted by molar-refractivity contribution is 5.93. The van der Waals surface area contributed by atoms with Gasteiger partial charge in [-0.3, -0.25) is 14.4 Å². The number of hydrogen-bond acceptors (Lipinski definition) is 7. The molecule has 0 radical (unpaired) electrons. The smallest absolute Gasteiger partial charge is 0.408 e. The van der Waals surface area contributed by atoms with Crippen LogP contribution in [-0.4, -0.2) is 66.2 Å². The third kappa shape index (κ3) is 7.75. The number of hydrogen-bond donors (Lipinski definition) is 3. The van der Waals surface area contributed by atoms with Crippen LogP contribution in [0.2, 0.25) is 0 Å². The maximum Gasteiger partial charge on any atom is 0.408 e. The Morgan fingerprint density at radius 3 is 2.44 bits per heavy atom. The number of aliphatic hydroxyl groups is 1. The van der Waals surface area contributed by atoms with Gasteiger partial charge in [-0.25, -0.2) is 4.79 Å². The summed E-state index contributed by atoms with van der Waals surface area (Å²) in [5.74, 6) is -1.86. The molecule has 3 aliphatic rings. The number of carbonyl (C=O) groups is 4. The fraction of sp³-hybridized carbons (Fsp3) is 0.852. The van der Waals surface area contributed by atoms with Crippen molar-refractivity contribution in [3.8, 4) is 0 Å². The molecule has 2 heterocycles. The summed E-state index contributed by atoms with van der Waals surface area (Å²) in [6.07, 6.45) is 5.11. The van der Waals surface area contributed by atoms with Crippen molar-refractivity contribution in [2.75, 3.05) is 19.8 Å². The Labute approximate surface area is 214 Å². The molecule has 2 saturated heterocycles. The molecule has 3 fully saturated rings. The lowest BCUT2D eigenvalue weighted by Gasteiger charge is -2.38. The predicted octanol–water partition coefficient (Wildman–Crippen LogP) is 3.06. The standard InChI is InChI=1S/C27H44N2O7/c1-18(2)21(24(32)22(30)16-19-8-4-7-13-28-25(19)33)17-23(31)27(11-5-3-6-12-27)29-26(34)36-20-9-14-35-15-10-20/h18-21,24,32H,3-17H2,1-2H3,(H,28,33)(H,29,34)/t19-,21+,24-/m1/s1. The van der Waals surface area contributed by atoms with Gasteiger partial charge >= 0.3 is 6.09 Å². The third-order valence-electron chi connectivity index (χ3n) is 8.13. The van der Waals surface area contributed by atoms with Crippen LogP contribution in [0.25, 0.3) is 0 Å². The topological polar surface area (TPSA) is 131 Å². The number of ketones is 2. The summed E-state index contributed by atoms with van der Waals surface area (Å²) < 4.78 is 10.9. The molecule has 2 aliphatic heterocycles. The number of nitrogens with one attached hydrogen (secondary N) is 2. The zero-order chi connectivity index (χ0) is 26.1. The molecular formula is C27H44N2O7. The number of rotatable bonds is 10. The molecule has 1 aliphatic carbocycles. The highest BCUT2D eigenvalue weighted by Gasteiger charge is 2.44. The molecule has 3 N–H and O–H groups in total. The molecule has 2 amide bonds. The number of aliphatic hydroxyl groups excluding tert-OH is 1. The summed E-state index contributed by atoms with van der Waals surface area (Å²) in [6.45, 7) is 5.47. The Balaban J connectivity index is 1.65. The molecule has 1 saturated carbocycles. The first-order valence-electron chi connectivity index (χ1n) is 13.8. The fourth-order valence-corrected chi connectivity index (χ4v) is 5.72. The second-order valence-electron chi connectivity index (χ2n) is 11.1. The van der Waals surface area contributed by atoms with Crippen LogP contribution in [0.3, 0.4) is 0 Å². The van der Waals surface area contributed by atoms with E-state index in [9.17, 15) is 24.3 Å². The van der Waals surface area contributed by atoms with Crippen molar-refractivity contribution in [2.45, 2.75) is 109 Å². The van der Waals surface area contributed by atoms with Gasteiger partial charge in [0.2, 0.25) is 5.91 Å². The molecule has 3 rings (SSSR count). The number of Topliss-reactive ketones (excluding diaryl/α,β-unsaturated/α-hetero) is 2. The van der Waals surface area contributed by atoms with Crippen LogP contribution in [0.4, 0.5) is 4.79 Å². The Kier molecular flexibility index (Phi) is 10.7. The van der Waals surface area contributed by atoms with Crippen molar-refractivity contribution in [3.63, 3.8) is 0 Å². The second kappa shape index (κ2) is 13.5. The first-order valence-corrected chi connectivity index (χ1v) is 13.8. The summed E-state index contributed by atoms with van der Waals surface area (Å²) in [5, 5.41) is 16.7. The molecule has 3 atom stereocenters. The first-order chi connectivity index (χ1) is 17.2. The first kappa shape index (κ1) is 28.6. The van der Waals surface area contributed by atoms with Crippen LogP contribution in [0.15, 0.2) is 0 Å². The quantitative estimate of drug-likeness (QED) is 0.413. The minimum atomic E-state index is -1.33. The van der Waals surface area contributed by atoms with Crippen molar-refractivity contribution < 1.29 is 33.8 Å². The van der Waals surface area contributed by atoms with E-state index in [0.717, 1.165) is 32.1 Å². The van der Waals surface area contributed by atoms with E-state index in [1.54, 1.807) is 0 Å². The highest BCUT2D eigenvalue weighted by Crippen LogP contribution is 2.34. The minimum Gasteiger partial charge on any atom is -0.446 e. The Morgan fingerprint density at radius 1 is 1.08 bits per heavy atom. The van der Waals surface area contributed by atoms with E-state index in [1.807, 2.05) is 13.8 Å². The lowest BCUT2D eigenvalue weighted by Crippen LogP contribution is -2.57. The van der Waals surface area contributed by atoms with Crippen molar-refractivity contribution in [2.24, 2.45) is 17.8 Å². The van der Waals surface area contributed by atoms with E-state index in [1.165, 1.54) is 0 Å². The van der Waals surface area contributed by atoms with E-state index in [0.29, 0.717) is 51.9 Å². The molecule has 0 bridgehead atoms. The maximum absolute atomic E-state index is 13.7. The molecule has 9 nitrogen and oxygen atoms in total. The van der Waals surface area contributed by atoms with E-state index >= 15 is 0 Å². The predicted molar refractivity (Wildman–Crippen MR) is 133 cm³/mol. The number of carbonyl (C=O) groups excluding carboxylic acids is 4. The maximum atomic E-state index is 13.7. The number of ether oxygens (including phenoxy) is 2. The second-order valence-corrected chi connectivity index (χ2v) is 11.1. The van der Waals surface area contributed by atoms with E-state index in [4.69, 9.17) is 9.47 Å². The molecule has 9 heteroatoms. The van der Waals surface area contributed by atoms with Crippen molar-refractivity contribution in [1.82, 2.24) is 10.6 Å². The van der Waals surface area contributed by atoms with Crippen LogP contribution in [-0.2, 0) is 23.9 Å². The highest BCUT2D eigenvalue weighted by atomic mass is 16.6. The van der Waals surface area contributed by atoms with Crippen molar-refractivity contribution in [1.29, 1.82) is 0 Å². The van der Waals surface area contributed by atoms with Gasteiger partial charge in [-0.2, -0.15) is 0 Å². The molecule has 204 valence electrons. The Morgan fingerprint density at radius 2 is 1.78 bits per heavy atom. The summed E-state index contributed by atoms with van der Waals surface area (Å²) in [7, 11) is 0.